The van der Waals surface area contributed by atoms with Gasteiger partial charge in [-0.05, 0) is 59.7 Å². The van der Waals surface area contributed by atoms with Crippen molar-refractivity contribution in [3.05, 3.63) is 58.1 Å². The van der Waals surface area contributed by atoms with Gasteiger partial charge in [0.2, 0.25) is 0 Å². The summed E-state index contributed by atoms with van der Waals surface area (Å²) in [4.78, 5) is 0. The summed E-state index contributed by atoms with van der Waals surface area (Å²) in [5.41, 5.74) is 20.7. The van der Waals surface area contributed by atoms with Crippen LogP contribution in [0.2, 0.25) is 0 Å². The van der Waals surface area contributed by atoms with Crippen LogP contribution in [0.15, 0.2) is 30.3 Å². The van der Waals surface area contributed by atoms with Gasteiger partial charge in [-0.3, -0.25) is 0 Å². The average Bonchev–Trinajstić information content (AvgIpc) is 3.62. The van der Waals surface area contributed by atoms with E-state index in [1.807, 2.05) is 12.1 Å². The maximum Gasteiger partial charge on any atom is 0.0851 e. The Morgan fingerprint density at radius 2 is 1.28 bits per heavy atom. The van der Waals surface area contributed by atoms with Crippen LogP contribution in [0.1, 0.15) is 40.7 Å². The normalized spacial score (nSPS) is 29.4. The molecule has 4 unspecified atom stereocenters. The van der Waals surface area contributed by atoms with Crippen LogP contribution >= 0.6 is 0 Å². The predicted molar refractivity (Wildman–Crippen MR) is 123 cm³/mol. The minimum atomic E-state index is -0.242. The predicted octanol–water partition coefficient (Wildman–Crippen LogP) is 2.91. The fraction of sp³-hybridized carbons (Fsp3) is 0.538. The largest absolute Gasteiger partial charge is 0.399 e. The first-order chi connectivity index (χ1) is 15.5. The molecule has 0 radical (unpaired) electrons. The molecule has 4 saturated heterocycles. The molecule has 4 atom stereocenters. The van der Waals surface area contributed by atoms with Gasteiger partial charge in [-0.25, -0.2) is 0 Å². The molecule has 4 fully saturated rings. The van der Waals surface area contributed by atoms with Gasteiger partial charge in [0, 0.05) is 29.6 Å². The number of epoxide rings is 4. The highest BCUT2D eigenvalue weighted by molar-refractivity contribution is 5.64. The lowest BCUT2D eigenvalue weighted by molar-refractivity contribution is 0.298. The van der Waals surface area contributed by atoms with Gasteiger partial charge in [0.15, 0.2) is 0 Å². The first kappa shape index (κ1) is 20.5. The van der Waals surface area contributed by atoms with Crippen molar-refractivity contribution in [2.75, 3.05) is 37.9 Å². The highest BCUT2D eigenvalue weighted by Gasteiger charge is 2.47. The van der Waals surface area contributed by atoms with Crippen molar-refractivity contribution >= 4 is 11.4 Å². The molecule has 170 valence electrons. The summed E-state index contributed by atoms with van der Waals surface area (Å²) in [7, 11) is 0. The van der Waals surface area contributed by atoms with Crippen LogP contribution in [0.4, 0.5) is 11.4 Å². The first-order valence-corrected chi connectivity index (χ1v) is 11.8. The van der Waals surface area contributed by atoms with E-state index in [2.05, 4.69) is 25.1 Å². The molecule has 0 amide bonds. The van der Waals surface area contributed by atoms with Gasteiger partial charge < -0.3 is 30.4 Å². The van der Waals surface area contributed by atoms with Gasteiger partial charge in [0.25, 0.3) is 0 Å². The van der Waals surface area contributed by atoms with Crippen molar-refractivity contribution in [1.82, 2.24) is 0 Å². The molecule has 0 spiro atoms. The van der Waals surface area contributed by atoms with E-state index >= 15 is 0 Å². The Balaban J connectivity index is 1.53. The standard InChI is InChI=1S/C26H32N2O4/c1-15-6-24(23(8-19-12-30-19)25(28)22(15)7-18-11-29-18)26(9-20-13-31-20,10-21-14-32-21)16-2-4-17(27)5-3-16/h2-6,18-21H,7-14,27-28H2,1H3. The van der Waals surface area contributed by atoms with E-state index in [0.29, 0.717) is 6.10 Å². The van der Waals surface area contributed by atoms with Gasteiger partial charge in [0.1, 0.15) is 0 Å². The van der Waals surface area contributed by atoms with Crippen LogP contribution in [-0.4, -0.2) is 50.8 Å². The van der Waals surface area contributed by atoms with E-state index in [1.165, 1.54) is 27.8 Å². The maximum absolute atomic E-state index is 6.94. The molecule has 0 aliphatic carbocycles. The van der Waals surface area contributed by atoms with Gasteiger partial charge in [0.05, 0.1) is 50.8 Å². The Hall–Kier alpha value is -2.12. The van der Waals surface area contributed by atoms with Crippen LogP contribution in [-0.2, 0) is 37.2 Å². The number of aryl methyl sites for hydroxylation is 1. The summed E-state index contributed by atoms with van der Waals surface area (Å²) >= 11 is 0. The third kappa shape index (κ3) is 4.13. The van der Waals surface area contributed by atoms with E-state index in [1.54, 1.807) is 0 Å². The quantitative estimate of drug-likeness (QED) is 0.439. The van der Waals surface area contributed by atoms with Crippen molar-refractivity contribution in [3.8, 4) is 0 Å². The summed E-state index contributed by atoms with van der Waals surface area (Å²) in [6.45, 7) is 5.45. The second-order valence-corrected chi connectivity index (χ2v) is 9.95. The lowest BCUT2D eigenvalue weighted by Crippen LogP contribution is -2.34. The molecular weight excluding hydrogens is 404 g/mol. The van der Waals surface area contributed by atoms with E-state index in [-0.39, 0.29) is 23.7 Å². The summed E-state index contributed by atoms with van der Waals surface area (Å²) < 4.78 is 22.7. The summed E-state index contributed by atoms with van der Waals surface area (Å²) in [6, 6.07) is 10.7. The van der Waals surface area contributed by atoms with E-state index in [0.717, 1.165) is 63.5 Å². The molecule has 32 heavy (non-hydrogen) atoms. The number of rotatable bonds is 10. The van der Waals surface area contributed by atoms with Crippen LogP contribution in [0, 0.1) is 6.92 Å². The molecule has 6 heteroatoms. The molecule has 4 heterocycles. The molecule has 2 aromatic rings. The van der Waals surface area contributed by atoms with Crippen LogP contribution in [0.25, 0.3) is 0 Å². The summed E-state index contributed by atoms with van der Waals surface area (Å²) in [5.74, 6) is 0. The molecule has 6 rings (SSSR count). The number of anilines is 2. The Bertz CT molecular complexity index is 991. The molecule has 0 saturated carbocycles. The zero-order valence-electron chi connectivity index (χ0n) is 18.6. The number of hydrogen-bond acceptors (Lipinski definition) is 6. The fourth-order valence-corrected chi connectivity index (χ4v) is 5.32. The number of hydrogen-bond donors (Lipinski definition) is 2. The lowest BCUT2D eigenvalue weighted by atomic mass is 9.65. The zero-order chi connectivity index (χ0) is 21.9. The third-order valence-corrected chi connectivity index (χ3v) is 7.42. The highest BCUT2D eigenvalue weighted by atomic mass is 16.6. The summed E-state index contributed by atoms with van der Waals surface area (Å²) in [6.07, 6.45) is 4.63. The molecule has 4 N–H and O–H groups in total. The molecule has 0 aromatic heterocycles. The second-order valence-electron chi connectivity index (χ2n) is 9.95. The van der Waals surface area contributed by atoms with Gasteiger partial charge in [-0.15, -0.1) is 0 Å². The molecular formula is C26H32N2O4. The Kier molecular flexibility index (Phi) is 4.95. The van der Waals surface area contributed by atoms with Crippen LogP contribution in [0.3, 0.4) is 0 Å². The number of nitrogen functional groups attached to an aromatic ring is 2. The minimum absolute atomic E-state index is 0.242. The molecule has 4 aliphatic heterocycles. The van der Waals surface area contributed by atoms with Crippen molar-refractivity contribution < 1.29 is 18.9 Å². The SMILES string of the molecule is Cc1cc(C(CC2CO2)(CC2CO2)c2ccc(N)cc2)c(CC2CO2)c(N)c1CC1CO1. The van der Waals surface area contributed by atoms with Gasteiger partial charge >= 0.3 is 0 Å². The topological polar surface area (TPSA) is 102 Å². The maximum atomic E-state index is 6.94. The van der Waals surface area contributed by atoms with E-state index in [4.69, 9.17) is 30.4 Å². The Morgan fingerprint density at radius 3 is 1.78 bits per heavy atom. The zero-order valence-corrected chi connectivity index (χ0v) is 18.6. The third-order valence-electron chi connectivity index (χ3n) is 7.42. The Morgan fingerprint density at radius 1 is 0.781 bits per heavy atom. The number of benzene rings is 2. The molecule has 6 nitrogen and oxygen atoms in total. The number of ether oxygens (including phenoxy) is 4. The van der Waals surface area contributed by atoms with Crippen LogP contribution < -0.4 is 11.5 Å². The average molecular weight is 437 g/mol. The van der Waals surface area contributed by atoms with Gasteiger partial charge in [-0.1, -0.05) is 18.2 Å². The fourth-order valence-electron chi connectivity index (χ4n) is 5.32. The smallest absolute Gasteiger partial charge is 0.0851 e. The first-order valence-electron chi connectivity index (χ1n) is 11.8. The monoisotopic (exact) mass is 436 g/mol. The summed E-state index contributed by atoms with van der Waals surface area (Å²) in [5, 5.41) is 0. The molecule has 2 aromatic carbocycles. The van der Waals surface area contributed by atoms with Crippen molar-refractivity contribution in [2.24, 2.45) is 0 Å². The highest BCUT2D eigenvalue weighted by Crippen LogP contribution is 2.49. The van der Waals surface area contributed by atoms with E-state index < -0.39 is 0 Å². The Labute approximate surface area is 189 Å². The van der Waals surface area contributed by atoms with Gasteiger partial charge in [-0.2, -0.15) is 0 Å². The number of nitrogens with two attached hydrogens (primary N) is 2. The molecule has 4 aliphatic rings. The van der Waals surface area contributed by atoms with Crippen molar-refractivity contribution in [1.29, 1.82) is 0 Å². The van der Waals surface area contributed by atoms with E-state index in [9.17, 15) is 0 Å². The van der Waals surface area contributed by atoms with Crippen molar-refractivity contribution in [2.45, 2.75) is 62.4 Å². The minimum Gasteiger partial charge on any atom is -0.399 e. The second kappa shape index (κ2) is 7.73. The van der Waals surface area contributed by atoms with Crippen molar-refractivity contribution in [3.63, 3.8) is 0 Å². The van der Waals surface area contributed by atoms with Crippen LogP contribution in [0.5, 0.6) is 0 Å². The lowest BCUT2D eigenvalue weighted by Gasteiger charge is -2.38. The molecule has 0 bridgehead atoms.